The topological polar surface area (TPSA) is 3.24 Å². The molecule has 0 bridgehead atoms. The van der Waals surface area contributed by atoms with Gasteiger partial charge in [0.1, 0.15) is 0 Å². The number of anilines is 1. The van der Waals surface area contributed by atoms with Crippen LogP contribution >= 0.6 is 0 Å². The van der Waals surface area contributed by atoms with Crippen molar-refractivity contribution in [1.29, 1.82) is 0 Å². The fraction of sp³-hybridized carbons (Fsp3) is 0.148. The van der Waals surface area contributed by atoms with Crippen LogP contribution in [0.1, 0.15) is 33.4 Å². The highest BCUT2D eigenvalue weighted by molar-refractivity contribution is 6.98. The van der Waals surface area contributed by atoms with E-state index in [1.54, 1.807) is 0 Å². The molecule has 0 amide bonds. The van der Waals surface area contributed by atoms with Gasteiger partial charge in [-0.15, -0.1) is 0 Å². The van der Waals surface area contributed by atoms with E-state index in [1.165, 1.54) is 121 Å². The molecule has 0 aromatic heterocycles. The lowest BCUT2D eigenvalue weighted by molar-refractivity contribution is 1.15. The smallest absolute Gasteiger partial charge is 0.243 e. The maximum atomic E-state index is 2.54. The highest BCUT2D eigenvalue weighted by Gasteiger charge is 2.31. The van der Waals surface area contributed by atoms with E-state index in [1.807, 2.05) is 0 Å². The molecule has 9 aromatic rings. The van der Waals surface area contributed by atoms with Crippen molar-refractivity contribution in [3.05, 3.63) is 179 Å². The normalized spacial score (nSPS) is 11.6. The minimum absolute atomic E-state index is 0.0271. The van der Waals surface area contributed by atoms with Crippen molar-refractivity contribution in [1.82, 2.24) is 0 Å². The Morgan fingerprint density at radius 1 is 0.375 bits per heavy atom. The van der Waals surface area contributed by atoms with Gasteiger partial charge in [-0.05, 0) is 120 Å². The van der Waals surface area contributed by atoms with Gasteiger partial charge >= 0.3 is 0 Å². The van der Waals surface area contributed by atoms with Crippen LogP contribution in [-0.2, 0) is 0 Å². The van der Waals surface area contributed by atoms with Gasteiger partial charge in [-0.1, -0.05) is 177 Å². The molecule has 0 aliphatic carbocycles. The summed E-state index contributed by atoms with van der Waals surface area (Å²) in [4.78, 5) is 2.30. The molecule has 0 saturated carbocycles. The third-order valence-corrected chi connectivity index (χ3v) is 12.1. The van der Waals surface area contributed by atoms with Crippen molar-refractivity contribution in [2.75, 3.05) is 19.0 Å². The Morgan fingerprint density at radius 2 is 0.857 bits per heavy atom. The molecule has 0 atom stereocenters. The van der Waals surface area contributed by atoms with E-state index >= 15 is 0 Å². The number of aryl methyl sites for hydroxylation is 6. The quantitative estimate of drug-likeness (QED) is 0.122. The Morgan fingerprint density at radius 3 is 1.39 bits per heavy atom. The Kier molecular flexibility index (Phi) is 8.81. The van der Waals surface area contributed by atoms with Crippen LogP contribution in [0.3, 0.4) is 0 Å². The van der Waals surface area contributed by atoms with E-state index < -0.39 is 0 Å². The van der Waals surface area contributed by atoms with E-state index in [0.717, 1.165) is 0 Å². The van der Waals surface area contributed by atoms with Crippen LogP contribution in [-0.4, -0.2) is 20.8 Å². The number of fused-ring (bicyclic) bond motifs is 7. The van der Waals surface area contributed by atoms with Crippen molar-refractivity contribution >= 4 is 71.9 Å². The van der Waals surface area contributed by atoms with Crippen molar-refractivity contribution in [2.45, 2.75) is 41.5 Å². The standard InChI is InChI=1S/C54H48BN/c1-33-25-35(3)53(36(4)26-33)55(54-37(5)27-34(2)28-38(54)6)49-31-44-22-20-41-19-21-42(39-15-11-9-12-16-39)29-46(41)51(44)52-47-30-43(40-17-13-10-14-18-40)23-24-45(47)50(56(7)8)32-48(49)52/h9-32H,1-8H3. The lowest BCUT2D eigenvalue weighted by Gasteiger charge is -2.28. The molecule has 2 heteroatoms. The van der Waals surface area contributed by atoms with E-state index in [9.17, 15) is 0 Å². The van der Waals surface area contributed by atoms with Gasteiger partial charge in [0, 0.05) is 25.2 Å². The maximum absolute atomic E-state index is 2.54. The van der Waals surface area contributed by atoms with Crippen LogP contribution in [0.15, 0.2) is 146 Å². The molecule has 0 spiro atoms. The van der Waals surface area contributed by atoms with Gasteiger partial charge in [0.25, 0.3) is 0 Å². The van der Waals surface area contributed by atoms with E-state index in [0.29, 0.717) is 0 Å². The molecule has 9 rings (SSSR count). The van der Waals surface area contributed by atoms with Crippen molar-refractivity contribution in [2.24, 2.45) is 0 Å². The van der Waals surface area contributed by atoms with Crippen molar-refractivity contribution in [3.8, 4) is 22.3 Å². The zero-order chi connectivity index (χ0) is 38.8. The predicted octanol–water partition coefficient (Wildman–Crippen LogP) is 12.1. The minimum atomic E-state index is 0.0271. The molecular weight excluding hydrogens is 673 g/mol. The van der Waals surface area contributed by atoms with E-state index in [-0.39, 0.29) is 6.71 Å². The molecule has 0 radical (unpaired) electrons. The molecule has 0 N–H and O–H groups in total. The number of benzene rings is 9. The van der Waals surface area contributed by atoms with E-state index in [4.69, 9.17) is 0 Å². The Bertz CT molecular complexity index is 2890. The summed E-state index contributed by atoms with van der Waals surface area (Å²) in [6.07, 6.45) is 0. The third-order valence-electron chi connectivity index (χ3n) is 12.1. The van der Waals surface area contributed by atoms with Crippen molar-refractivity contribution < 1.29 is 0 Å². The van der Waals surface area contributed by atoms with Gasteiger partial charge in [0.05, 0.1) is 0 Å². The van der Waals surface area contributed by atoms with Gasteiger partial charge in [-0.2, -0.15) is 0 Å². The Labute approximate surface area is 332 Å². The first-order valence-electron chi connectivity index (χ1n) is 19.9. The van der Waals surface area contributed by atoms with Gasteiger partial charge < -0.3 is 4.90 Å². The number of hydrogen-bond donors (Lipinski definition) is 0. The Balaban J connectivity index is 1.52. The summed E-state index contributed by atoms with van der Waals surface area (Å²) in [7, 11) is 4.38. The van der Waals surface area contributed by atoms with E-state index in [2.05, 4.69) is 206 Å². The molecular formula is C54H48BN. The average Bonchev–Trinajstić information content (AvgIpc) is 3.18. The van der Waals surface area contributed by atoms with Gasteiger partial charge in [-0.25, -0.2) is 0 Å². The molecule has 1 nitrogen and oxygen atoms in total. The third kappa shape index (κ3) is 5.96. The van der Waals surface area contributed by atoms with Gasteiger partial charge in [-0.3, -0.25) is 0 Å². The highest BCUT2D eigenvalue weighted by atomic mass is 15.1. The van der Waals surface area contributed by atoms with Crippen LogP contribution in [0.2, 0.25) is 0 Å². The molecule has 272 valence electrons. The fourth-order valence-electron chi connectivity index (χ4n) is 9.86. The largest absolute Gasteiger partial charge is 0.377 e. The lowest BCUT2D eigenvalue weighted by Crippen LogP contribution is -2.56. The molecule has 9 aromatic carbocycles. The summed E-state index contributed by atoms with van der Waals surface area (Å²) in [6, 6.07) is 55.0. The van der Waals surface area contributed by atoms with Crippen LogP contribution < -0.4 is 21.3 Å². The SMILES string of the molecule is Cc1cc(C)c(B(c2c(C)cc(C)cc2C)c2cc3ccc4ccc(-c5ccccc5)cc4c3c3c2cc(N(C)C)c2ccc(-c4ccccc4)cc23)c(C)c1. The molecule has 0 unspecified atom stereocenters. The maximum Gasteiger partial charge on any atom is 0.243 e. The summed E-state index contributed by atoms with van der Waals surface area (Å²) in [5, 5.41) is 10.3. The first kappa shape index (κ1) is 35.6. The fourth-order valence-corrected chi connectivity index (χ4v) is 9.86. The van der Waals surface area contributed by atoms with Crippen molar-refractivity contribution in [3.63, 3.8) is 0 Å². The molecule has 0 heterocycles. The summed E-state index contributed by atoms with van der Waals surface area (Å²) in [5.74, 6) is 0. The summed E-state index contributed by atoms with van der Waals surface area (Å²) in [5.41, 5.74) is 18.3. The second-order valence-corrected chi connectivity index (χ2v) is 16.3. The highest BCUT2D eigenvalue weighted by Crippen LogP contribution is 2.42. The number of nitrogens with zero attached hydrogens (tertiary/aromatic N) is 1. The summed E-state index contributed by atoms with van der Waals surface area (Å²) in [6.45, 7) is 13.7. The molecule has 0 saturated heterocycles. The lowest BCUT2D eigenvalue weighted by atomic mass is 9.33. The predicted molar refractivity (Wildman–Crippen MR) is 248 cm³/mol. The Hall–Kier alpha value is -6.12. The van der Waals surface area contributed by atoms with Crippen LogP contribution in [0.25, 0.3) is 65.3 Å². The summed E-state index contributed by atoms with van der Waals surface area (Å²) < 4.78 is 0. The van der Waals surface area contributed by atoms with Crippen LogP contribution in [0, 0.1) is 41.5 Å². The zero-order valence-corrected chi connectivity index (χ0v) is 33.9. The average molecular weight is 722 g/mol. The zero-order valence-electron chi connectivity index (χ0n) is 33.9. The number of hydrogen-bond acceptors (Lipinski definition) is 1. The molecule has 0 aliphatic heterocycles. The summed E-state index contributed by atoms with van der Waals surface area (Å²) >= 11 is 0. The minimum Gasteiger partial charge on any atom is -0.377 e. The molecule has 0 aliphatic rings. The second-order valence-electron chi connectivity index (χ2n) is 16.3. The van der Waals surface area contributed by atoms with Crippen LogP contribution in [0.4, 0.5) is 5.69 Å². The monoisotopic (exact) mass is 721 g/mol. The number of rotatable bonds is 6. The molecule has 0 fully saturated rings. The second kappa shape index (κ2) is 13.9. The first-order chi connectivity index (χ1) is 27.1. The van der Waals surface area contributed by atoms with Crippen LogP contribution in [0.5, 0.6) is 0 Å². The van der Waals surface area contributed by atoms with Gasteiger partial charge in [0.2, 0.25) is 6.71 Å². The van der Waals surface area contributed by atoms with Gasteiger partial charge in [0.15, 0.2) is 0 Å². The first-order valence-corrected chi connectivity index (χ1v) is 19.9. The molecule has 56 heavy (non-hydrogen) atoms.